The number of thiophene rings is 1. The van der Waals surface area contributed by atoms with E-state index in [-0.39, 0.29) is 0 Å². The van der Waals surface area contributed by atoms with Crippen molar-refractivity contribution >= 4 is 50.5 Å². The molecule has 0 spiro atoms. The highest BCUT2D eigenvalue weighted by Crippen LogP contribution is 2.36. The van der Waals surface area contributed by atoms with Crippen molar-refractivity contribution in [2.45, 2.75) is 10.8 Å². The number of rotatable bonds is 2. The SMILES string of the molecule is CSc1cc(CCl)c2sccc2c1N. The zero-order valence-electron chi connectivity index (χ0n) is 7.71. The fourth-order valence-corrected chi connectivity index (χ4v) is 3.28. The first-order valence-electron chi connectivity index (χ1n) is 4.16. The van der Waals surface area contributed by atoms with Gasteiger partial charge in [0.05, 0.1) is 5.69 Å². The lowest BCUT2D eigenvalue weighted by molar-refractivity contribution is 1.39. The molecule has 4 heteroatoms. The van der Waals surface area contributed by atoms with E-state index in [9.17, 15) is 0 Å². The standard InChI is InChI=1S/C10H10ClNS2/c1-13-8-4-6(5-11)10-7(9(8)12)2-3-14-10/h2-4H,5,12H2,1H3. The third kappa shape index (κ3) is 1.49. The van der Waals surface area contributed by atoms with E-state index in [4.69, 9.17) is 17.3 Å². The first-order valence-corrected chi connectivity index (χ1v) is 6.80. The number of thioether (sulfide) groups is 1. The highest BCUT2D eigenvalue weighted by molar-refractivity contribution is 7.98. The summed E-state index contributed by atoms with van der Waals surface area (Å²) < 4.78 is 1.22. The van der Waals surface area contributed by atoms with Crippen LogP contribution >= 0.6 is 34.7 Å². The zero-order chi connectivity index (χ0) is 10.1. The van der Waals surface area contributed by atoms with Crippen LogP contribution in [0, 0.1) is 0 Å². The number of fused-ring (bicyclic) bond motifs is 1. The molecule has 1 heterocycles. The van der Waals surface area contributed by atoms with E-state index in [0.29, 0.717) is 5.88 Å². The van der Waals surface area contributed by atoms with Crippen LogP contribution < -0.4 is 5.73 Å². The number of halogens is 1. The largest absolute Gasteiger partial charge is 0.397 e. The molecule has 14 heavy (non-hydrogen) atoms. The Morgan fingerprint density at radius 1 is 1.57 bits per heavy atom. The summed E-state index contributed by atoms with van der Waals surface area (Å²) in [6.45, 7) is 0. The number of alkyl halides is 1. The number of nitrogen functional groups attached to an aromatic ring is 1. The quantitative estimate of drug-likeness (QED) is 0.491. The van der Waals surface area contributed by atoms with Crippen LogP contribution in [0.25, 0.3) is 10.1 Å². The Labute approximate surface area is 96.2 Å². The van der Waals surface area contributed by atoms with Gasteiger partial charge >= 0.3 is 0 Å². The molecule has 74 valence electrons. The van der Waals surface area contributed by atoms with Gasteiger partial charge < -0.3 is 5.73 Å². The van der Waals surface area contributed by atoms with Crippen molar-refractivity contribution < 1.29 is 0 Å². The molecule has 0 saturated heterocycles. The van der Waals surface area contributed by atoms with Gasteiger partial charge in [0.15, 0.2) is 0 Å². The molecule has 0 saturated carbocycles. The number of anilines is 1. The fraction of sp³-hybridized carbons (Fsp3) is 0.200. The maximum atomic E-state index is 6.04. The highest BCUT2D eigenvalue weighted by atomic mass is 35.5. The topological polar surface area (TPSA) is 26.0 Å². The van der Waals surface area contributed by atoms with Crippen molar-refractivity contribution in [1.82, 2.24) is 0 Å². The first kappa shape index (κ1) is 10.1. The summed E-state index contributed by atoms with van der Waals surface area (Å²) in [7, 11) is 0. The molecule has 0 aliphatic carbocycles. The van der Waals surface area contributed by atoms with Crippen LogP contribution in [0.2, 0.25) is 0 Å². The van der Waals surface area contributed by atoms with Crippen molar-refractivity contribution in [3.05, 3.63) is 23.1 Å². The molecule has 1 aromatic carbocycles. The Balaban J connectivity index is 2.80. The minimum Gasteiger partial charge on any atom is -0.397 e. The monoisotopic (exact) mass is 243 g/mol. The van der Waals surface area contributed by atoms with Crippen LogP contribution in [0.15, 0.2) is 22.4 Å². The average molecular weight is 244 g/mol. The van der Waals surface area contributed by atoms with Gasteiger partial charge in [0, 0.05) is 20.9 Å². The third-order valence-electron chi connectivity index (χ3n) is 2.18. The molecule has 1 nitrogen and oxygen atoms in total. The normalized spacial score (nSPS) is 11.0. The number of hydrogen-bond donors (Lipinski definition) is 1. The second-order valence-corrected chi connectivity index (χ2v) is 4.98. The van der Waals surface area contributed by atoms with Gasteiger partial charge in [-0.25, -0.2) is 0 Å². The summed E-state index contributed by atoms with van der Waals surface area (Å²) in [5.74, 6) is 0.546. The van der Waals surface area contributed by atoms with E-state index in [1.165, 1.54) is 10.3 Å². The van der Waals surface area contributed by atoms with Crippen LogP contribution in [-0.2, 0) is 5.88 Å². The Kier molecular flexibility index (Phi) is 2.91. The lowest BCUT2D eigenvalue weighted by Gasteiger charge is -2.07. The van der Waals surface area contributed by atoms with Crippen molar-refractivity contribution in [3.8, 4) is 0 Å². The van der Waals surface area contributed by atoms with Crippen molar-refractivity contribution in [1.29, 1.82) is 0 Å². The molecule has 0 atom stereocenters. The molecule has 2 N–H and O–H groups in total. The molecule has 0 radical (unpaired) electrons. The first-order chi connectivity index (χ1) is 6.77. The van der Waals surface area contributed by atoms with Gasteiger partial charge in [-0.2, -0.15) is 0 Å². The minimum absolute atomic E-state index is 0.546. The molecule has 0 amide bonds. The van der Waals surface area contributed by atoms with Crippen molar-refractivity contribution in [2.75, 3.05) is 12.0 Å². The third-order valence-corrected chi connectivity index (χ3v) is 4.24. The average Bonchev–Trinajstić information content (AvgIpc) is 2.68. The van der Waals surface area contributed by atoms with Crippen LogP contribution in [0.3, 0.4) is 0 Å². The molecule has 0 unspecified atom stereocenters. The Hall–Kier alpha value is -0.380. The van der Waals surface area contributed by atoms with E-state index in [1.54, 1.807) is 23.1 Å². The van der Waals surface area contributed by atoms with E-state index >= 15 is 0 Å². The van der Waals surface area contributed by atoms with E-state index in [0.717, 1.165) is 16.0 Å². The fourth-order valence-electron chi connectivity index (χ4n) is 1.47. The maximum Gasteiger partial charge on any atom is 0.0540 e. The van der Waals surface area contributed by atoms with Crippen LogP contribution in [0.5, 0.6) is 0 Å². The van der Waals surface area contributed by atoms with E-state index in [1.807, 2.05) is 6.26 Å². The predicted molar refractivity (Wildman–Crippen MR) is 67.6 cm³/mol. The molecule has 0 aliphatic heterocycles. The van der Waals surface area contributed by atoms with Crippen LogP contribution in [0.1, 0.15) is 5.56 Å². The molecule has 0 fully saturated rings. The van der Waals surface area contributed by atoms with E-state index < -0.39 is 0 Å². The molecule has 0 aliphatic rings. The Morgan fingerprint density at radius 2 is 2.36 bits per heavy atom. The molecule has 2 aromatic rings. The van der Waals surface area contributed by atoms with Crippen molar-refractivity contribution in [2.24, 2.45) is 0 Å². The Bertz CT molecular complexity index is 464. The number of hydrogen-bond acceptors (Lipinski definition) is 3. The summed E-state index contributed by atoms with van der Waals surface area (Å²) in [6.07, 6.45) is 2.03. The van der Waals surface area contributed by atoms with Crippen molar-refractivity contribution in [3.63, 3.8) is 0 Å². The number of nitrogens with two attached hydrogens (primary N) is 1. The smallest absolute Gasteiger partial charge is 0.0540 e. The molecule has 1 aromatic heterocycles. The second kappa shape index (κ2) is 4.01. The second-order valence-electron chi connectivity index (χ2n) is 2.95. The van der Waals surface area contributed by atoms with Crippen LogP contribution in [0.4, 0.5) is 5.69 Å². The summed E-state index contributed by atoms with van der Waals surface area (Å²) >= 11 is 9.26. The molecular weight excluding hydrogens is 234 g/mol. The maximum absolute atomic E-state index is 6.04. The zero-order valence-corrected chi connectivity index (χ0v) is 10.1. The number of benzene rings is 1. The van der Waals surface area contributed by atoms with E-state index in [2.05, 4.69) is 17.5 Å². The van der Waals surface area contributed by atoms with Gasteiger partial charge in [0.25, 0.3) is 0 Å². The molecule has 2 rings (SSSR count). The molecule has 0 bridgehead atoms. The molecular formula is C10H10ClNS2. The lowest BCUT2D eigenvalue weighted by atomic mass is 10.1. The summed E-state index contributed by atoms with van der Waals surface area (Å²) in [5, 5.41) is 3.19. The Morgan fingerprint density at radius 3 is 3.00 bits per heavy atom. The summed E-state index contributed by atoms with van der Waals surface area (Å²) in [4.78, 5) is 1.12. The van der Waals surface area contributed by atoms with Gasteiger partial charge in [0.1, 0.15) is 0 Å². The van der Waals surface area contributed by atoms with Gasteiger partial charge in [-0.05, 0) is 29.3 Å². The summed E-state index contributed by atoms with van der Waals surface area (Å²) in [6, 6.07) is 4.15. The van der Waals surface area contributed by atoms with Gasteiger partial charge in [0.2, 0.25) is 0 Å². The highest BCUT2D eigenvalue weighted by Gasteiger charge is 2.09. The van der Waals surface area contributed by atoms with Gasteiger partial charge in [-0.15, -0.1) is 34.7 Å². The predicted octanol–water partition coefficient (Wildman–Crippen LogP) is 3.94. The minimum atomic E-state index is 0.546. The van der Waals surface area contributed by atoms with Gasteiger partial charge in [-0.3, -0.25) is 0 Å². The summed E-state index contributed by atoms with van der Waals surface area (Å²) in [5.41, 5.74) is 8.09. The van der Waals surface area contributed by atoms with Crippen LogP contribution in [-0.4, -0.2) is 6.26 Å². The lowest BCUT2D eigenvalue weighted by Crippen LogP contribution is -1.91. The van der Waals surface area contributed by atoms with Gasteiger partial charge in [-0.1, -0.05) is 0 Å².